The first-order valence-electron chi connectivity index (χ1n) is 9.77. The number of hydroxylamine groups is 2. The highest BCUT2D eigenvalue weighted by molar-refractivity contribution is 6.74. The molecule has 160 valence electrons. The molecule has 0 saturated carbocycles. The molecular formula is C20H41NO5Si. The van der Waals surface area contributed by atoms with Gasteiger partial charge < -0.3 is 9.53 Å². The zero-order valence-electron chi connectivity index (χ0n) is 19.1. The third kappa shape index (κ3) is 7.29. The molecule has 0 aromatic rings. The molecule has 0 aliphatic rings. The largest absolute Gasteiger partial charge is 0.412 e. The highest BCUT2D eigenvalue weighted by Crippen LogP contribution is 2.39. The van der Waals surface area contributed by atoms with E-state index in [0.29, 0.717) is 0 Å². The van der Waals surface area contributed by atoms with Crippen LogP contribution in [0.5, 0.6) is 0 Å². The number of Topliss-reactive ketones (excluding diaryl/α,β-unsaturated/α-hetero) is 1. The van der Waals surface area contributed by atoms with Crippen molar-refractivity contribution in [1.29, 1.82) is 0 Å². The second-order valence-corrected chi connectivity index (χ2v) is 14.2. The fraction of sp³-hybridized carbons (Fsp3) is 0.900. The van der Waals surface area contributed by atoms with Gasteiger partial charge in [-0.25, -0.2) is 5.06 Å². The fourth-order valence-corrected chi connectivity index (χ4v) is 3.92. The summed E-state index contributed by atoms with van der Waals surface area (Å²) < 4.78 is 6.54. The molecule has 0 aromatic carbocycles. The molecule has 1 amide bonds. The summed E-state index contributed by atoms with van der Waals surface area (Å²) in [6, 6.07) is 0. The van der Waals surface area contributed by atoms with Crippen molar-refractivity contribution >= 4 is 20.0 Å². The van der Waals surface area contributed by atoms with Crippen molar-refractivity contribution in [3.05, 3.63) is 0 Å². The predicted octanol–water partition coefficient (Wildman–Crippen LogP) is 3.64. The predicted molar refractivity (Wildman–Crippen MR) is 111 cm³/mol. The van der Waals surface area contributed by atoms with Gasteiger partial charge in [0.05, 0.1) is 25.2 Å². The zero-order chi connectivity index (χ0) is 21.7. The van der Waals surface area contributed by atoms with Gasteiger partial charge in [0, 0.05) is 19.4 Å². The van der Waals surface area contributed by atoms with Gasteiger partial charge in [0.1, 0.15) is 5.78 Å². The van der Waals surface area contributed by atoms with Crippen LogP contribution in [0.2, 0.25) is 18.1 Å². The second-order valence-electron chi connectivity index (χ2n) is 9.42. The maximum atomic E-state index is 12.8. The average Bonchev–Trinajstić information content (AvgIpc) is 2.55. The average molecular weight is 404 g/mol. The first-order valence-corrected chi connectivity index (χ1v) is 12.7. The molecule has 0 heterocycles. The zero-order valence-corrected chi connectivity index (χ0v) is 20.1. The normalized spacial score (nSPS) is 17.4. The van der Waals surface area contributed by atoms with E-state index >= 15 is 0 Å². The molecule has 27 heavy (non-hydrogen) atoms. The van der Waals surface area contributed by atoms with Gasteiger partial charge in [-0.2, -0.15) is 0 Å². The number of hydrogen-bond acceptors (Lipinski definition) is 5. The summed E-state index contributed by atoms with van der Waals surface area (Å²) >= 11 is 0. The van der Waals surface area contributed by atoms with Gasteiger partial charge in [0.2, 0.25) is 0 Å². The van der Waals surface area contributed by atoms with Crippen molar-refractivity contribution in [1.82, 2.24) is 5.06 Å². The standard InChI is InChI=1S/C20H41NO5Si/c1-13(2)16(22)12-17(23)14(3)18(15(4)19(24)21(8)25-9)26-27(10,11)20(5,6)7/h13-16,18,22H,12H2,1-11H3/t14-,15+,16?,18-/m0/s1. The molecule has 0 aromatic heterocycles. The first-order chi connectivity index (χ1) is 12.1. The Morgan fingerprint density at radius 2 is 1.56 bits per heavy atom. The van der Waals surface area contributed by atoms with Crippen LogP contribution in [0.4, 0.5) is 0 Å². The summed E-state index contributed by atoms with van der Waals surface area (Å²) in [5.74, 6) is -1.36. The summed E-state index contributed by atoms with van der Waals surface area (Å²) in [5, 5.41) is 11.2. The number of nitrogens with zero attached hydrogens (tertiary/aromatic N) is 1. The van der Waals surface area contributed by atoms with Crippen LogP contribution in [0.1, 0.15) is 54.9 Å². The van der Waals surface area contributed by atoms with Gasteiger partial charge in [-0.3, -0.25) is 14.4 Å². The summed E-state index contributed by atoms with van der Waals surface area (Å²) in [5.41, 5.74) is 0. The molecule has 0 bridgehead atoms. The molecule has 1 unspecified atom stereocenters. The van der Waals surface area contributed by atoms with Crippen LogP contribution in [0, 0.1) is 17.8 Å². The van der Waals surface area contributed by atoms with Crippen molar-refractivity contribution < 1.29 is 24.0 Å². The molecule has 0 saturated heterocycles. The smallest absolute Gasteiger partial charge is 0.251 e. The number of aliphatic hydroxyl groups is 1. The topological polar surface area (TPSA) is 76.1 Å². The monoisotopic (exact) mass is 403 g/mol. The molecule has 4 atom stereocenters. The van der Waals surface area contributed by atoms with E-state index in [1.54, 1.807) is 20.9 Å². The van der Waals surface area contributed by atoms with Crippen molar-refractivity contribution in [3.63, 3.8) is 0 Å². The van der Waals surface area contributed by atoms with Gasteiger partial charge in [-0.05, 0) is 24.1 Å². The number of ketones is 1. The first kappa shape index (κ1) is 26.2. The molecular weight excluding hydrogens is 362 g/mol. The molecule has 0 fully saturated rings. The van der Waals surface area contributed by atoms with Crippen molar-refractivity contribution in [2.75, 3.05) is 14.2 Å². The molecule has 1 N–H and O–H groups in total. The molecule has 0 aliphatic heterocycles. The van der Waals surface area contributed by atoms with Gasteiger partial charge in [-0.15, -0.1) is 0 Å². The SMILES string of the molecule is CON(C)C(=O)[C@H](C)[C@@H](O[Si](C)(C)C(C)(C)C)[C@@H](C)C(=O)CC(O)C(C)C. The minimum atomic E-state index is -2.22. The van der Waals surface area contributed by atoms with Crippen LogP contribution < -0.4 is 0 Å². The fourth-order valence-electron chi connectivity index (χ4n) is 2.48. The maximum absolute atomic E-state index is 12.8. The van der Waals surface area contributed by atoms with E-state index in [1.807, 2.05) is 13.8 Å². The third-order valence-corrected chi connectivity index (χ3v) is 10.4. The lowest BCUT2D eigenvalue weighted by Gasteiger charge is -2.42. The number of carbonyl (C=O) groups excluding carboxylic acids is 2. The molecule has 7 heteroatoms. The Morgan fingerprint density at radius 1 is 1.07 bits per heavy atom. The Morgan fingerprint density at radius 3 is 1.93 bits per heavy atom. The summed E-state index contributed by atoms with van der Waals surface area (Å²) in [6.07, 6.45) is -1.19. The van der Waals surface area contributed by atoms with E-state index in [-0.39, 0.29) is 29.1 Å². The number of amides is 1. The third-order valence-electron chi connectivity index (χ3n) is 5.88. The number of carbonyl (C=O) groups is 2. The van der Waals surface area contributed by atoms with Gasteiger partial charge in [0.15, 0.2) is 8.32 Å². The van der Waals surface area contributed by atoms with Crippen LogP contribution in [-0.2, 0) is 18.9 Å². The van der Waals surface area contributed by atoms with Crippen molar-refractivity contribution in [3.8, 4) is 0 Å². The Kier molecular flexibility index (Phi) is 9.85. The quantitative estimate of drug-likeness (QED) is 0.445. The van der Waals surface area contributed by atoms with Crippen molar-refractivity contribution in [2.45, 2.75) is 85.2 Å². The van der Waals surface area contributed by atoms with Gasteiger partial charge >= 0.3 is 0 Å². The van der Waals surface area contributed by atoms with Crippen LogP contribution in [0.15, 0.2) is 0 Å². The summed E-state index contributed by atoms with van der Waals surface area (Å²) in [7, 11) is 0.767. The Hall–Kier alpha value is -0.763. The molecule has 6 nitrogen and oxygen atoms in total. The van der Waals surface area contributed by atoms with E-state index in [0.717, 1.165) is 0 Å². The van der Waals surface area contributed by atoms with E-state index in [2.05, 4.69) is 33.9 Å². The van der Waals surface area contributed by atoms with Gasteiger partial charge in [0.25, 0.3) is 5.91 Å². The number of aliphatic hydroxyl groups excluding tert-OH is 1. The van der Waals surface area contributed by atoms with E-state index in [4.69, 9.17) is 9.26 Å². The van der Waals surface area contributed by atoms with E-state index in [1.165, 1.54) is 12.2 Å². The van der Waals surface area contributed by atoms with E-state index < -0.39 is 32.4 Å². The van der Waals surface area contributed by atoms with E-state index in [9.17, 15) is 14.7 Å². The van der Waals surface area contributed by atoms with Crippen LogP contribution in [-0.4, -0.2) is 56.5 Å². The van der Waals surface area contributed by atoms with Gasteiger partial charge in [-0.1, -0.05) is 48.5 Å². The summed E-state index contributed by atoms with van der Waals surface area (Å²) in [6.45, 7) is 17.9. The van der Waals surface area contributed by atoms with Crippen LogP contribution in [0.3, 0.4) is 0 Å². The number of rotatable bonds is 10. The lowest BCUT2D eigenvalue weighted by Crippen LogP contribution is -2.51. The highest BCUT2D eigenvalue weighted by atomic mass is 28.4. The Bertz CT molecular complexity index is 501. The minimum absolute atomic E-state index is 0.000380. The number of hydrogen-bond donors (Lipinski definition) is 1. The van der Waals surface area contributed by atoms with Crippen LogP contribution in [0.25, 0.3) is 0 Å². The molecule has 0 radical (unpaired) electrons. The Balaban J connectivity index is 5.70. The molecule has 0 rings (SSSR count). The minimum Gasteiger partial charge on any atom is -0.412 e. The van der Waals surface area contributed by atoms with Crippen LogP contribution >= 0.6 is 0 Å². The maximum Gasteiger partial charge on any atom is 0.251 e. The second kappa shape index (κ2) is 10.1. The molecule has 0 aliphatic carbocycles. The molecule has 0 spiro atoms. The lowest BCUT2D eigenvalue weighted by molar-refractivity contribution is -0.177. The van der Waals surface area contributed by atoms with Crippen molar-refractivity contribution in [2.24, 2.45) is 17.8 Å². The summed E-state index contributed by atoms with van der Waals surface area (Å²) in [4.78, 5) is 30.5. The Labute approximate surface area is 166 Å². The lowest BCUT2D eigenvalue weighted by atomic mass is 9.86. The highest BCUT2D eigenvalue weighted by Gasteiger charge is 2.44.